The lowest BCUT2D eigenvalue weighted by Gasteiger charge is -2.61. The minimum Gasteiger partial charge on any atom is -0.396 e. The Hall–Kier alpha value is -0.0800. The third kappa shape index (κ3) is 3.08. The summed E-state index contributed by atoms with van der Waals surface area (Å²) in [6.45, 7) is 5.61. The van der Waals surface area contributed by atoms with E-state index in [9.17, 15) is 5.11 Å². The monoisotopic (exact) mass is 362 g/mol. The number of aliphatic hydroxyl groups excluding tert-OH is 2. The van der Waals surface area contributed by atoms with E-state index in [2.05, 4.69) is 13.8 Å². The fourth-order valence-corrected chi connectivity index (χ4v) is 8.50. The lowest BCUT2D eigenvalue weighted by molar-refractivity contribution is -0.127. The molecular weight excluding hydrogens is 320 g/mol. The van der Waals surface area contributed by atoms with E-state index in [1.54, 1.807) is 0 Å². The SMILES string of the molecule is C[C@]12CC[C@H](O)CC1CCC1C2CC[C@@]2(C)C1CC[C@@H]2CCCCCO. The van der Waals surface area contributed by atoms with Gasteiger partial charge in [-0.1, -0.05) is 26.7 Å². The molecule has 26 heavy (non-hydrogen) atoms. The molecule has 0 aromatic heterocycles. The third-order valence-electron chi connectivity index (χ3n) is 10.0. The molecule has 2 nitrogen and oxygen atoms in total. The smallest absolute Gasteiger partial charge is 0.0543 e. The van der Waals surface area contributed by atoms with Gasteiger partial charge in [-0.05, 0) is 111 Å². The lowest BCUT2D eigenvalue weighted by atomic mass is 9.44. The Bertz CT molecular complexity index is 491. The Morgan fingerprint density at radius 3 is 2.38 bits per heavy atom. The Balaban J connectivity index is 1.46. The van der Waals surface area contributed by atoms with E-state index in [1.807, 2.05) is 0 Å². The van der Waals surface area contributed by atoms with Gasteiger partial charge in [-0.25, -0.2) is 0 Å². The zero-order valence-electron chi connectivity index (χ0n) is 17.3. The molecule has 0 bridgehead atoms. The molecule has 4 unspecified atom stereocenters. The molecule has 2 heteroatoms. The maximum absolute atomic E-state index is 10.2. The minimum atomic E-state index is -0.0201. The Morgan fingerprint density at radius 1 is 0.808 bits per heavy atom. The van der Waals surface area contributed by atoms with Gasteiger partial charge in [0.05, 0.1) is 6.10 Å². The number of hydrogen-bond donors (Lipinski definition) is 2. The first-order valence-electron chi connectivity index (χ1n) is 11.8. The Labute approximate surface area is 161 Å². The number of fused-ring (bicyclic) bond motifs is 5. The van der Waals surface area contributed by atoms with Gasteiger partial charge in [0, 0.05) is 6.61 Å². The zero-order chi connectivity index (χ0) is 18.4. The van der Waals surface area contributed by atoms with E-state index < -0.39 is 0 Å². The molecule has 4 fully saturated rings. The average Bonchev–Trinajstić information content (AvgIpc) is 2.96. The molecule has 0 aromatic carbocycles. The van der Waals surface area contributed by atoms with Crippen LogP contribution >= 0.6 is 0 Å². The van der Waals surface area contributed by atoms with Crippen LogP contribution in [-0.2, 0) is 0 Å². The summed E-state index contributed by atoms with van der Waals surface area (Å²) in [4.78, 5) is 0. The molecule has 0 saturated heterocycles. The maximum atomic E-state index is 10.2. The predicted octanol–water partition coefficient (Wildman–Crippen LogP) is 5.56. The molecule has 0 heterocycles. The molecule has 8 atom stereocenters. The number of rotatable bonds is 5. The molecule has 4 aliphatic rings. The van der Waals surface area contributed by atoms with E-state index in [0.717, 1.165) is 48.9 Å². The van der Waals surface area contributed by atoms with Crippen molar-refractivity contribution in [1.82, 2.24) is 0 Å². The first-order chi connectivity index (χ1) is 12.5. The van der Waals surface area contributed by atoms with E-state index >= 15 is 0 Å². The highest BCUT2D eigenvalue weighted by Crippen LogP contribution is 2.67. The highest BCUT2D eigenvalue weighted by Gasteiger charge is 2.59. The summed E-state index contributed by atoms with van der Waals surface area (Å²) in [5, 5.41) is 19.2. The molecule has 0 aliphatic heterocycles. The number of unbranched alkanes of at least 4 members (excludes halogenated alkanes) is 2. The molecule has 0 radical (unpaired) electrons. The van der Waals surface area contributed by atoms with Crippen LogP contribution in [0.15, 0.2) is 0 Å². The van der Waals surface area contributed by atoms with Crippen molar-refractivity contribution in [2.45, 2.75) is 103 Å². The number of aliphatic hydroxyl groups is 2. The van der Waals surface area contributed by atoms with Crippen molar-refractivity contribution in [3.05, 3.63) is 0 Å². The van der Waals surface area contributed by atoms with Gasteiger partial charge in [0.1, 0.15) is 0 Å². The first-order valence-corrected chi connectivity index (χ1v) is 11.8. The highest BCUT2D eigenvalue weighted by atomic mass is 16.3. The van der Waals surface area contributed by atoms with Gasteiger partial charge in [0.25, 0.3) is 0 Å². The van der Waals surface area contributed by atoms with Crippen LogP contribution in [-0.4, -0.2) is 22.9 Å². The summed E-state index contributed by atoms with van der Waals surface area (Å²) in [7, 11) is 0. The minimum absolute atomic E-state index is 0.0201. The zero-order valence-corrected chi connectivity index (χ0v) is 17.3. The summed E-state index contributed by atoms with van der Waals surface area (Å²) >= 11 is 0. The normalized spacial score (nSPS) is 50.8. The second kappa shape index (κ2) is 7.39. The van der Waals surface area contributed by atoms with E-state index in [1.165, 1.54) is 64.2 Å². The second-order valence-corrected chi connectivity index (χ2v) is 11.0. The summed E-state index contributed by atoms with van der Waals surface area (Å²) in [5.74, 6) is 4.58. The Morgan fingerprint density at radius 2 is 1.58 bits per heavy atom. The molecular formula is C24H42O2. The fraction of sp³-hybridized carbons (Fsp3) is 1.00. The van der Waals surface area contributed by atoms with Gasteiger partial charge in [0.2, 0.25) is 0 Å². The van der Waals surface area contributed by atoms with Crippen LogP contribution in [0.3, 0.4) is 0 Å². The highest BCUT2D eigenvalue weighted by molar-refractivity contribution is 5.09. The molecule has 0 spiro atoms. The van der Waals surface area contributed by atoms with Crippen LogP contribution in [0.2, 0.25) is 0 Å². The van der Waals surface area contributed by atoms with Crippen molar-refractivity contribution in [3.63, 3.8) is 0 Å². The summed E-state index contributed by atoms with van der Waals surface area (Å²) in [6, 6.07) is 0. The van der Waals surface area contributed by atoms with Gasteiger partial charge in [0.15, 0.2) is 0 Å². The number of hydrogen-bond acceptors (Lipinski definition) is 2. The largest absolute Gasteiger partial charge is 0.396 e. The van der Waals surface area contributed by atoms with Crippen LogP contribution in [0.1, 0.15) is 97.3 Å². The average molecular weight is 363 g/mol. The second-order valence-electron chi connectivity index (χ2n) is 11.0. The van der Waals surface area contributed by atoms with Gasteiger partial charge >= 0.3 is 0 Å². The van der Waals surface area contributed by atoms with Crippen molar-refractivity contribution in [2.24, 2.45) is 40.4 Å². The third-order valence-corrected chi connectivity index (χ3v) is 10.0. The van der Waals surface area contributed by atoms with Gasteiger partial charge in [-0.2, -0.15) is 0 Å². The van der Waals surface area contributed by atoms with Crippen molar-refractivity contribution >= 4 is 0 Å². The molecule has 2 N–H and O–H groups in total. The van der Waals surface area contributed by atoms with Gasteiger partial charge < -0.3 is 10.2 Å². The molecule has 4 saturated carbocycles. The molecule has 4 rings (SSSR count). The summed E-state index contributed by atoms with van der Waals surface area (Å²) < 4.78 is 0. The Kier molecular flexibility index (Phi) is 5.47. The molecule has 0 aromatic rings. The molecule has 0 amide bonds. The maximum Gasteiger partial charge on any atom is 0.0543 e. The van der Waals surface area contributed by atoms with Crippen LogP contribution in [0.25, 0.3) is 0 Å². The lowest BCUT2D eigenvalue weighted by Crippen LogP contribution is -2.53. The topological polar surface area (TPSA) is 40.5 Å². The van der Waals surface area contributed by atoms with E-state index in [4.69, 9.17) is 5.11 Å². The van der Waals surface area contributed by atoms with E-state index in [-0.39, 0.29) is 6.10 Å². The van der Waals surface area contributed by atoms with Crippen LogP contribution in [0.5, 0.6) is 0 Å². The van der Waals surface area contributed by atoms with Crippen LogP contribution in [0.4, 0.5) is 0 Å². The quantitative estimate of drug-likeness (QED) is 0.629. The summed E-state index contributed by atoms with van der Waals surface area (Å²) in [6.07, 6.45) is 17.0. The predicted molar refractivity (Wildman–Crippen MR) is 107 cm³/mol. The van der Waals surface area contributed by atoms with Crippen molar-refractivity contribution < 1.29 is 10.2 Å². The van der Waals surface area contributed by atoms with Crippen molar-refractivity contribution in [3.8, 4) is 0 Å². The fourth-order valence-electron chi connectivity index (χ4n) is 8.50. The van der Waals surface area contributed by atoms with Crippen molar-refractivity contribution in [1.29, 1.82) is 0 Å². The summed E-state index contributed by atoms with van der Waals surface area (Å²) in [5.41, 5.74) is 1.11. The molecule has 150 valence electrons. The van der Waals surface area contributed by atoms with E-state index in [0.29, 0.717) is 17.4 Å². The van der Waals surface area contributed by atoms with Crippen molar-refractivity contribution in [2.75, 3.05) is 6.61 Å². The van der Waals surface area contributed by atoms with Gasteiger partial charge in [-0.3, -0.25) is 0 Å². The van der Waals surface area contributed by atoms with Crippen LogP contribution in [0, 0.1) is 40.4 Å². The standard InChI is InChI=1S/C24H42O2/c1-23-14-12-22-20(9-7-18-16-19(26)11-13-24(18,22)2)21(23)10-8-17(23)6-4-3-5-15-25/h17-22,25-26H,3-16H2,1-2H3/t17-,18?,19-,20?,21?,22?,23+,24-/m0/s1. The first kappa shape index (κ1) is 19.2. The molecule has 4 aliphatic carbocycles. The van der Waals surface area contributed by atoms with Crippen LogP contribution < -0.4 is 0 Å². The van der Waals surface area contributed by atoms with Gasteiger partial charge in [-0.15, -0.1) is 0 Å².